The van der Waals surface area contributed by atoms with Crippen molar-refractivity contribution in [2.75, 3.05) is 45.5 Å². The lowest BCUT2D eigenvalue weighted by Crippen LogP contribution is -2.40. The summed E-state index contributed by atoms with van der Waals surface area (Å²) >= 11 is 0. The molecule has 1 saturated heterocycles. The average Bonchev–Trinajstić information content (AvgIpc) is 2.92. The first-order valence-corrected chi connectivity index (χ1v) is 11.3. The molecule has 9 heteroatoms. The molecule has 6 nitrogen and oxygen atoms in total. The van der Waals surface area contributed by atoms with E-state index in [-0.39, 0.29) is 41.2 Å². The zero-order chi connectivity index (χ0) is 19.5. The molecule has 28 heavy (non-hydrogen) atoms. The van der Waals surface area contributed by atoms with Crippen molar-refractivity contribution in [3.8, 4) is 0 Å². The van der Waals surface area contributed by atoms with E-state index < -0.39 is 15.7 Å². The largest absolute Gasteiger partial charge is 0.356 e. The van der Waals surface area contributed by atoms with Crippen LogP contribution in [0.4, 0.5) is 4.39 Å². The highest BCUT2D eigenvalue weighted by molar-refractivity contribution is 14.0. The average molecular weight is 526 g/mol. The highest BCUT2D eigenvalue weighted by Gasteiger charge is 2.18. The van der Waals surface area contributed by atoms with Crippen LogP contribution >= 0.6 is 24.0 Å². The number of nitrogens with one attached hydrogen (secondary N) is 2. The molecule has 1 fully saturated rings. The van der Waals surface area contributed by atoms with Gasteiger partial charge in [0.2, 0.25) is 0 Å². The number of likely N-dealkylation sites (tertiary alicyclic amines) is 1. The normalized spacial score (nSPS) is 16.1. The topological polar surface area (TPSA) is 73.8 Å². The lowest BCUT2D eigenvalue weighted by atomic mass is 10.2. The van der Waals surface area contributed by atoms with Gasteiger partial charge in [0, 0.05) is 20.1 Å². The Hall–Kier alpha value is -0.940. The van der Waals surface area contributed by atoms with Gasteiger partial charge in [0.25, 0.3) is 0 Å². The highest BCUT2D eigenvalue weighted by atomic mass is 127. The second-order valence-corrected chi connectivity index (χ2v) is 8.86. The van der Waals surface area contributed by atoms with E-state index in [1.807, 2.05) is 0 Å². The molecule has 0 radical (unpaired) electrons. The van der Waals surface area contributed by atoms with Gasteiger partial charge < -0.3 is 15.5 Å². The molecule has 1 aliphatic heterocycles. The van der Waals surface area contributed by atoms with Crippen LogP contribution in [0.1, 0.15) is 32.1 Å². The smallest absolute Gasteiger partial charge is 0.191 e. The first-order valence-electron chi connectivity index (χ1n) is 9.67. The molecule has 1 aromatic rings. The Labute approximate surface area is 185 Å². The summed E-state index contributed by atoms with van der Waals surface area (Å²) < 4.78 is 38.2. The van der Waals surface area contributed by atoms with Gasteiger partial charge in [-0.3, -0.25) is 4.99 Å². The Kier molecular flexibility index (Phi) is 11.9. The van der Waals surface area contributed by atoms with E-state index in [1.54, 1.807) is 7.05 Å². The van der Waals surface area contributed by atoms with Crippen molar-refractivity contribution in [1.29, 1.82) is 0 Å². The Morgan fingerprint density at radius 1 is 1.11 bits per heavy atom. The van der Waals surface area contributed by atoms with E-state index in [9.17, 15) is 12.8 Å². The van der Waals surface area contributed by atoms with E-state index in [1.165, 1.54) is 57.0 Å². The molecule has 0 aromatic heterocycles. The van der Waals surface area contributed by atoms with E-state index in [0.717, 1.165) is 25.6 Å². The quantitative estimate of drug-likeness (QED) is 0.236. The lowest BCUT2D eigenvalue weighted by Gasteiger charge is -2.20. The van der Waals surface area contributed by atoms with Crippen molar-refractivity contribution >= 4 is 39.8 Å². The third kappa shape index (κ3) is 8.60. The number of sulfone groups is 1. The van der Waals surface area contributed by atoms with Crippen LogP contribution in [0.2, 0.25) is 0 Å². The second-order valence-electron chi connectivity index (χ2n) is 6.78. The molecular weight excluding hydrogens is 494 g/mol. The molecule has 0 amide bonds. The summed E-state index contributed by atoms with van der Waals surface area (Å²) in [7, 11) is -2.02. The minimum atomic E-state index is -3.66. The predicted molar refractivity (Wildman–Crippen MR) is 123 cm³/mol. The maximum absolute atomic E-state index is 13.7. The molecule has 1 aromatic carbocycles. The molecule has 0 atom stereocenters. The van der Waals surface area contributed by atoms with Crippen LogP contribution < -0.4 is 10.6 Å². The van der Waals surface area contributed by atoms with Gasteiger partial charge in [-0.1, -0.05) is 25.0 Å². The maximum Gasteiger partial charge on any atom is 0.191 e. The van der Waals surface area contributed by atoms with Gasteiger partial charge >= 0.3 is 0 Å². The summed E-state index contributed by atoms with van der Waals surface area (Å²) in [5.74, 6) is -0.342. The highest BCUT2D eigenvalue weighted by Crippen LogP contribution is 2.14. The summed E-state index contributed by atoms with van der Waals surface area (Å²) in [6, 6.07) is 5.45. The summed E-state index contributed by atoms with van der Waals surface area (Å²) in [6.07, 6.45) is 6.25. The third-order valence-electron chi connectivity index (χ3n) is 4.70. The van der Waals surface area contributed by atoms with Gasteiger partial charge in [-0.2, -0.15) is 0 Å². The number of guanidine groups is 1. The molecule has 2 rings (SSSR count). The minimum absolute atomic E-state index is 0. The molecule has 160 valence electrons. The van der Waals surface area contributed by atoms with Crippen LogP contribution in [0.25, 0.3) is 0 Å². The van der Waals surface area contributed by atoms with Crippen LogP contribution in [0, 0.1) is 5.82 Å². The fourth-order valence-electron chi connectivity index (χ4n) is 3.20. The Bertz CT molecular complexity index is 708. The number of hydrogen-bond acceptors (Lipinski definition) is 4. The molecule has 1 aliphatic rings. The van der Waals surface area contributed by atoms with Crippen molar-refractivity contribution in [3.63, 3.8) is 0 Å². The first-order chi connectivity index (χ1) is 13.0. The van der Waals surface area contributed by atoms with E-state index in [2.05, 4.69) is 20.5 Å². The molecular formula is C19H32FIN4O2S. The summed E-state index contributed by atoms with van der Waals surface area (Å²) in [4.78, 5) is 6.36. The monoisotopic (exact) mass is 526 g/mol. The van der Waals surface area contributed by atoms with E-state index in [0.29, 0.717) is 5.96 Å². The maximum atomic E-state index is 13.7. The van der Waals surface area contributed by atoms with E-state index in [4.69, 9.17) is 0 Å². The van der Waals surface area contributed by atoms with Crippen molar-refractivity contribution in [2.24, 2.45) is 4.99 Å². The van der Waals surface area contributed by atoms with Crippen LogP contribution in [-0.2, 0) is 9.84 Å². The van der Waals surface area contributed by atoms with Crippen molar-refractivity contribution in [1.82, 2.24) is 15.5 Å². The number of rotatable bonds is 8. The second kappa shape index (κ2) is 13.3. The van der Waals surface area contributed by atoms with Crippen LogP contribution in [0.5, 0.6) is 0 Å². The first kappa shape index (κ1) is 25.1. The SMILES string of the molecule is CN=C(NCCCN1CCCCCC1)NCCS(=O)(=O)c1ccccc1F.I. The van der Waals surface area contributed by atoms with Gasteiger partial charge in [0.05, 0.1) is 5.75 Å². The fourth-order valence-corrected chi connectivity index (χ4v) is 4.44. The number of benzene rings is 1. The fraction of sp³-hybridized carbons (Fsp3) is 0.632. The van der Waals surface area contributed by atoms with E-state index >= 15 is 0 Å². The van der Waals surface area contributed by atoms with Crippen molar-refractivity contribution in [2.45, 2.75) is 37.0 Å². The van der Waals surface area contributed by atoms with Crippen molar-refractivity contribution < 1.29 is 12.8 Å². The van der Waals surface area contributed by atoms with Crippen molar-refractivity contribution in [3.05, 3.63) is 30.1 Å². The Morgan fingerprint density at radius 2 is 1.75 bits per heavy atom. The van der Waals surface area contributed by atoms with Gasteiger partial charge in [0.15, 0.2) is 15.8 Å². The summed E-state index contributed by atoms with van der Waals surface area (Å²) in [5, 5.41) is 6.19. The number of hydrogen-bond donors (Lipinski definition) is 2. The third-order valence-corrected chi connectivity index (χ3v) is 6.44. The van der Waals surface area contributed by atoms with Crippen LogP contribution in [0.15, 0.2) is 34.2 Å². The van der Waals surface area contributed by atoms with Gasteiger partial charge in [-0.25, -0.2) is 12.8 Å². The van der Waals surface area contributed by atoms with Gasteiger partial charge in [-0.05, 0) is 51.0 Å². The van der Waals surface area contributed by atoms with Crippen LogP contribution in [0.3, 0.4) is 0 Å². The molecule has 0 spiro atoms. The predicted octanol–water partition coefficient (Wildman–Crippen LogP) is 2.65. The summed E-state index contributed by atoms with van der Waals surface area (Å²) in [5.41, 5.74) is 0. The number of halogens is 2. The van der Waals surface area contributed by atoms with Gasteiger partial charge in [-0.15, -0.1) is 24.0 Å². The summed E-state index contributed by atoms with van der Waals surface area (Å²) in [6.45, 7) is 4.37. The van der Waals surface area contributed by atoms with Crippen LogP contribution in [-0.4, -0.2) is 64.8 Å². The molecule has 0 unspecified atom stereocenters. The van der Waals surface area contributed by atoms with Gasteiger partial charge in [0.1, 0.15) is 10.7 Å². The zero-order valence-electron chi connectivity index (χ0n) is 16.5. The Balaban J connectivity index is 0.00000392. The minimum Gasteiger partial charge on any atom is -0.356 e. The number of aliphatic imine (C=N–C) groups is 1. The molecule has 0 aliphatic carbocycles. The standard InChI is InChI=1S/C19H31FN4O2S.HI/c1-21-19(22-11-8-15-24-13-6-2-3-7-14-24)23-12-16-27(25,26)18-10-5-4-9-17(18)20;/h4-5,9-10H,2-3,6-8,11-16H2,1H3,(H2,21,22,23);1H. The molecule has 0 saturated carbocycles. The number of nitrogens with zero attached hydrogens (tertiary/aromatic N) is 2. The lowest BCUT2D eigenvalue weighted by molar-refractivity contribution is 0.282. The Morgan fingerprint density at radius 3 is 2.39 bits per heavy atom. The molecule has 0 bridgehead atoms. The zero-order valence-corrected chi connectivity index (χ0v) is 19.6. The molecule has 1 heterocycles. The molecule has 2 N–H and O–H groups in total.